The molecule has 3 atom stereocenters. The Morgan fingerprint density at radius 3 is 2.29 bits per heavy atom. The zero-order chi connectivity index (χ0) is 15.4. The first-order chi connectivity index (χ1) is 9.99. The number of carbonyl (C=O) groups excluding carboxylic acids is 1. The number of carboxylic acid groups (broad SMARTS) is 1. The molecule has 1 aliphatic rings. The van der Waals surface area contributed by atoms with E-state index in [1.807, 2.05) is 50.3 Å². The molecule has 0 aliphatic heterocycles. The first-order valence-corrected chi connectivity index (χ1v) is 7.23. The molecular formula is C17H21NO3. The van der Waals surface area contributed by atoms with Gasteiger partial charge in [-0.3, -0.25) is 9.59 Å². The van der Waals surface area contributed by atoms with Gasteiger partial charge in [0.25, 0.3) is 0 Å². The lowest BCUT2D eigenvalue weighted by atomic mass is 9.82. The molecule has 2 rings (SSSR count). The second-order valence-corrected chi connectivity index (χ2v) is 5.63. The highest BCUT2D eigenvalue weighted by Gasteiger charge is 2.34. The van der Waals surface area contributed by atoms with Gasteiger partial charge in [0.15, 0.2) is 0 Å². The van der Waals surface area contributed by atoms with Crippen molar-refractivity contribution in [3.05, 3.63) is 47.5 Å². The average Bonchev–Trinajstić information content (AvgIpc) is 2.47. The van der Waals surface area contributed by atoms with Crippen LogP contribution in [0.1, 0.15) is 36.9 Å². The Labute approximate surface area is 124 Å². The number of hydrogen-bond donors (Lipinski definition) is 2. The largest absolute Gasteiger partial charge is 0.481 e. The predicted octanol–water partition coefficient (Wildman–Crippen LogP) is 2.84. The molecule has 112 valence electrons. The monoisotopic (exact) mass is 287 g/mol. The van der Waals surface area contributed by atoms with Crippen molar-refractivity contribution in [2.45, 2.75) is 32.7 Å². The minimum atomic E-state index is -0.900. The number of allylic oxidation sites excluding steroid dienone is 2. The Bertz CT molecular complexity index is 548. The highest BCUT2D eigenvalue weighted by atomic mass is 16.4. The van der Waals surface area contributed by atoms with E-state index in [9.17, 15) is 14.7 Å². The van der Waals surface area contributed by atoms with Crippen molar-refractivity contribution >= 4 is 11.9 Å². The summed E-state index contributed by atoms with van der Waals surface area (Å²) in [6, 6.07) is 7.84. The van der Waals surface area contributed by atoms with Crippen molar-refractivity contribution in [2.75, 3.05) is 0 Å². The lowest BCUT2D eigenvalue weighted by molar-refractivity contribution is -0.147. The second kappa shape index (κ2) is 6.57. The molecule has 2 N–H and O–H groups in total. The maximum atomic E-state index is 12.4. The smallest absolute Gasteiger partial charge is 0.307 e. The van der Waals surface area contributed by atoms with Gasteiger partial charge in [-0.1, -0.05) is 42.0 Å². The molecule has 0 saturated heterocycles. The summed E-state index contributed by atoms with van der Waals surface area (Å²) in [5, 5.41) is 12.2. The molecule has 0 bridgehead atoms. The van der Waals surface area contributed by atoms with E-state index < -0.39 is 17.8 Å². The van der Waals surface area contributed by atoms with Gasteiger partial charge < -0.3 is 10.4 Å². The van der Waals surface area contributed by atoms with Crippen LogP contribution < -0.4 is 5.32 Å². The number of rotatable bonds is 4. The fourth-order valence-electron chi connectivity index (χ4n) is 2.64. The third-order valence-electron chi connectivity index (χ3n) is 4.02. The SMILES string of the molecule is Cc1ccc([C@H](C)NC(=O)[C@H]2CC=CC[C@H]2C(=O)O)cc1. The minimum Gasteiger partial charge on any atom is -0.481 e. The van der Waals surface area contributed by atoms with Crippen LogP contribution >= 0.6 is 0 Å². The van der Waals surface area contributed by atoms with Gasteiger partial charge in [0.05, 0.1) is 17.9 Å². The van der Waals surface area contributed by atoms with Crippen LogP contribution in [0.25, 0.3) is 0 Å². The summed E-state index contributed by atoms with van der Waals surface area (Å²) in [6.45, 7) is 3.93. The van der Waals surface area contributed by atoms with Crippen LogP contribution in [0.3, 0.4) is 0 Å². The van der Waals surface area contributed by atoms with Gasteiger partial charge in [-0.15, -0.1) is 0 Å². The average molecular weight is 287 g/mol. The summed E-state index contributed by atoms with van der Waals surface area (Å²) in [6.07, 6.45) is 4.64. The van der Waals surface area contributed by atoms with E-state index in [0.29, 0.717) is 12.8 Å². The number of benzene rings is 1. The number of carboxylic acids is 1. The van der Waals surface area contributed by atoms with Gasteiger partial charge in [0, 0.05) is 0 Å². The first kappa shape index (κ1) is 15.3. The molecule has 1 aliphatic carbocycles. The molecule has 1 aromatic rings. The lowest BCUT2D eigenvalue weighted by Gasteiger charge is -2.26. The molecule has 1 amide bonds. The molecule has 0 heterocycles. The maximum Gasteiger partial charge on any atom is 0.307 e. The van der Waals surface area contributed by atoms with Crippen LogP contribution in [-0.4, -0.2) is 17.0 Å². The van der Waals surface area contributed by atoms with E-state index in [0.717, 1.165) is 5.56 Å². The Kier molecular flexibility index (Phi) is 4.78. The molecule has 0 unspecified atom stereocenters. The first-order valence-electron chi connectivity index (χ1n) is 7.23. The second-order valence-electron chi connectivity index (χ2n) is 5.63. The van der Waals surface area contributed by atoms with Crippen LogP contribution in [-0.2, 0) is 9.59 Å². The molecule has 0 fully saturated rings. The third-order valence-corrected chi connectivity index (χ3v) is 4.02. The number of aryl methyl sites for hydroxylation is 1. The van der Waals surface area contributed by atoms with Gasteiger partial charge in [-0.25, -0.2) is 0 Å². The van der Waals surface area contributed by atoms with Gasteiger partial charge in [-0.05, 0) is 32.3 Å². The Hall–Kier alpha value is -2.10. The summed E-state index contributed by atoms with van der Waals surface area (Å²) in [5.41, 5.74) is 2.19. The molecule has 21 heavy (non-hydrogen) atoms. The summed E-state index contributed by atoms with van der Waals surface area (Å²) < 4.78 is 0. The van der Waals surface area contributed by atoms with Crippen molar-refractivity contribution in [1.82, 2.24) is 5.32 Å². The fourth-order valence-corrected chi connectivity index (χ4v) is 2.64. The summed E-state index contributed by atoms with van der Waals surface area (Å²) in [4.78, 5) is 23.6. The van der Waals surface area contributed by atoms with Gasteiger partial charge >= 0.3 is 5.97 Å². The topological polar surface area (TPSA) is 66.4 Å². The molecule has 1 aromatic carbocycles. The number of nitrogens with one attached hydrogen (secondary N) is 1. The highest BCUT2D eigenvalue weighted by Crippen LogP contribution is 2.27. The van der Waals surface area contributed by atoms with E-state index >= 15 is 0 Å². The van der Waals surface area contributed by atoms with E-state index in [1.165, 1.54) is 5.56 Å². The van der Waals surface area contributed by atoms with Crippen LogP contribution in [0, 0.1) is 18.8 Å². The van der Waals surface area contributed by atoms with Crippen molar-refractivity contribution in [3.63, 3.8) is 0 Å². The van der Waals surface area contributed by atoms with Crippen LogP contribution in [0.5, 0.6) is 0 Å². The summed E-state index contributed by atoms with van der Waals surface area (Å²) in [5.74, 6) is -2.19. The quantitative estimate of drug-likeness (QED) is 0.837. The number of carbonyl (C=O) groups is 2. The number of amides is 1. The molecule has 4 heteroatoms. The summed E-state index contributed by atoms with van der Waals surface area (Å²) >= 11 is 0. The van der Waals surface area contributed by atoms with E-state index in [-0.39, 0.29) is 11.9 Å². The van der Waals surface area contributed by atoms with Crippen molar-refractivity contribution in [2.24, 2.45) is 11.8 Å². The van der Waals surface area contributed by atoms with E-state index in [4.69, 9.17) is 0 Å². The third kappa shape index (κ3) is 3.72. The van der Waals surface area contributed by atoms with Gasteiger partial charge in [0.1, 0.15) is 0 Å². The maximum absolute atomic E-state index is 12.4. The summed E-state index contributed by atoms with van der Waals surface area (Å²) in [7, 11) is 0. The van der Waals surface area contributed by atoms with Crippen LogP contribution in [0.2, 0.25) is 0 Å². The van der Waals surface area contributed by atoms with Gasteiger partial charge in [-0.2, -0.15) is 0 Å². The van der Waals surface area contributed by atoms with Gasteiger partial charge in [0.2, 0.25) is 5.91 Å². The zero-order valence-electron chi connectivity index (χ0n) is 12.4. The zero-order valence-corrected chi connectivity index (χ0v) is 12.4. The Morgan fingerprint density at radius 2 is 1.71 bits per heavy atom. The molecule has 0 aromatic heterocycles. The molecule has 0 spiro atoms. The molecule has 0 saturated carbocycles. The Morgan fingerprint density at radius 1 is 1.14 bits per heavy atom. The molecule has 4 nitrogen and oxygen atoms in total. The minimum absolute atomic E-state index is 0.126. The normalized spacial score (nSPS) is 22.6. The van der Waals surface area contributed by atoms with Crippen molar-refractivity contribution < 1.29 is 14.7 Å². The highest BCUT2D eigenvalue weighted by molar-refractivity contribution is 5.85. The van der Waals surface area contributed by atoms with Crippen LogP contribution in [0.15, 0.2) is 36.4 Å². The van der Waals surface area contributed by atoms with Crippen LogP contribution in [0.4, 0.5) is 0 Å². The molecule has 0 radical (unpaired) electrons. The van der Waals surface area contributed by atoms with Crippen molar-refractivity contribution in [3.8, 4) is 0 Å². The lowest BCUT2D eigenvalue weighted by Crippen LogP contribution is -2.39. The Balaban J connectivity index is 2.04. The van der Waals surface area contributed by atoms with E-state index in [2.05, 4.69) is 5.32 Å². The number of hydrogen-bond acceptors (Lipinski definition) is 2. The number of aliphatic carboxylic acids is 1. The fraction of sp³-hybridized carbons (Fsp3) is 0.412. The van der Waals surface area contributed by atoms with E-state index in [1.54, 1.807) is 0 Å². The molecular weight excluding hydrogens is 266 g/mol. The van der Waals surface area contributed by atoms with Crippen molar-refractivity contribution in [1.29, 1.82) is 0 Å². The standard InChI is InChI=1S/C17H21NO3/c1-11-7-9-13(10-8-11)12(2)18-16(19)14-5-3-4-6-15(14)17(20)21/h3-4,7-10,12,14-15H,5-6H2,1-2H3,(H,18,19)(H,20,21)/t12-,14-,15+/m0/s1. The predicted molar refractivity (Wildman–Crippen MR) is 80.7 cm³/mol.